The summed E-state index contributed by atoms with van der Waals surface area (Å²) in [6.45, 7) is 6.30. The van der Waals surface area contributed by atoms with Gasteiger partial charge in [-0.3, -0.25) is 4.79 Å². The van der Waals surface area contributed by atoms with E-state index in [1.54, 1.807) is 12.1 Å². The molecule has 2 rings (SSSR count). The van der Waals surface area contributed by atoms with Crippen molar-refractivity contribution in [1.82, 2.24) is 10.0 Å². The number of rotatable bonds is 9. The van der Waals surface area contributed by atoms with Gasteiger partial charge in [0.2, 0.25) is 15.9 Å². The molecular formula is C20H26N2O4S. The lowest BCUT2D eigenvalue weighted by Gasteiger charge is -2.16. The SMILES string of the molecule is CCOc1ccc(S(=O)(=O)NCCC(=O)NC(C)c2ccccc2C)cc1. The first kappa shape index (κ1) is 20.9. The molecule has 0 aromatic heterocycles. The molecule has 6 nitrogen and oxygen atoms in total. The Labute approximate surface area is 161 Å². The lowest BCUT2D eigenvalue weighted by Crippen LogP contribution is -2.32. The molecule has 1 amide bonds. The largest absolute Gasteiger partial charge is 0.494 e. The van der Waals surface area contributed by atoms with E-state index >= 15 is 0 Å². The van der Waals surface area contributed by atoms with Crippen molar-refractivity contribution in [2.45, 2.75) is 38.1 Å². The first-order valence-electron chi connectivity index (χ1n) is 8.91. The minimum atomic E-state index is -3.66. The second-order valence-electron chi connectivity index (χ2n) is 6.20. The standard InChI is InChI=1S/C20H26N2O4S/c1-4-26-17-9-11-18(12-10-17)27(24,25)21-14-13-20(23)22-16(3)19-8-6-5-7-15(19)2/h5-12,16,21H,4,13-14H2,1-3H3,(H,22,23). The van der Waals surface area contributed by atoms with Gasteiger partial charge >= 0.3 is 0 Å². The Morgan fingerprint density at radius 3 is 2.41 bits per heavy atom. The lowest BCUT2D eigenvalue weighted by atomic mass is 10.0. The number of benzene rings is 2. The second-order valence-corrected chi connectivity index (χ2v) is 7.96. The maximum Gasteiger partial charge on any atom is 0.240 e. The minimum absolute atomic E-state index is 0.0296. The molecule has 0 aliphatic heterocycles. The van der Waals surface area contributed by atoms with Crippen molar-refractivity contribution in [3.8, 4) is 5.75 Å². The summed E-state index contributed by atoms with van der Waals surface area (Å²) in [7, 11) is -3.66. The molecule has 2 N–H and O–H groups in total. The van der Waals surface area contributed by atoms with Crippen molar-refractivity contribution in [3.05, 3.63) is 59.7 Å². The maximum absolute atomic E-state index is 12.3. The van der Waals surface area contributed by atoms with Gasteiger partial charge in [-0.05, 0) is 56.2 Å². The summed E-state index contributed by atoms with van der Waals surface area (Å²) >= 11 is 0. The van der Waals surface area contributed by atoms with Crippen molar-refractivity contribution in [2.75, 3.05) is 13.2 Å². The highest BCUT2D eigenvalue weighted by atomic mass is 32.2. The molecule has 0 spiro atoms. The number of nitrogens with one attached hydrogen (secondary N) is 2. The van der Waals surface area contributed by atoms with Gasteiger partial charge in [0.05, 0.1) is 17.5 Å². The number of ether oxygens (including phenoxy) is 1. The minimum Gasteiger partial charge on any atom is -0.494 e. The highest BCUT2D eigenvalue weighted by Crippen LogP contribution is 2.17. The van der Waals surface area contributed by atoms with Gasteiger partial charge in [-0.15, -0.1) is 0 Å². The molecule has 27 heavy (non-hydrogen) atoms. The third-order valence-electron chi connectivity index (χ3n) is 4.12. The molecule has 1 atom stereocenters. The quantitative estimate of drug-likeness (QED) is 0.689. The Balaban J connectivity index is 1.85. The summed E-state index contributed by atoms with van der Waals surface area (Å²) < 4.78 is 32.3. The van der Waals surface area contributed by atoms with Gasteiger partial charge in [0.25, 0.3) is 0 Å². The van der Waals surface area contributed by atoms with Crippen molar-refractivity contribution >= 4 is 15.9 Å². The van der Waals surface area contributed by atoms with Gasteiger partial charge in [-0.1, -0.05) is 24.3 Å². The van der Waals surface area contributed by atoms with Crippen LogP contribution < -0.4 is 14.8 Å². The molecule has 1 unspecified atom stereocenters. The van der Waals surface area contributed by atoms with Gasteiger partial charge in [-0.2, -0.15) is 0 Å². The van der Waals surface area contributed by atoms with Crippen molar-refractivity contribution < 1.29 is 17.9 Å². The number of aryl methyl sites for hydroxylation is 1. The summed E-state index contributed by atoms with van der Waals surface area (Å²) in [5.41, 5.74) is 2.14. The first-order valence-corrected chi connectivity index (χ1v) is 10.4. The van der Waals surface area contributed by atoms with E-state index in [4.69, 9.17) is 4.74 Å². The molecule has 0 heterocycles. The van der Waals surface area contributed by atoms with Crippen LogP contribution in [0.2, 0.25) is 0 Å². The van der Waals surface area contributed by atoms with Crippen LogP contribution in [0.15, 0.2) is 53.4 Å². The molecule has 2 aromatic carbocycles. The third kappa shape index (κ3) is 6.08. The zero-order chi connectivity index (χ0) is 19.9. The molecular weight excluding hydrogens is 364 g/mol. The van der Waals surface area contributed by atoms with Crippen LogP contribution in [0.1, 0.15) is 37.4 Å². The monoisotopic (exact) mass is 390 g/mol. The number of carbonyl (C=O) groups excluding carboxylic acids is 1. The Morgan fingerprint density at radius 1 is 1.11 bits per heavy atom. The summed E-state index contributed by atoms with van der Waals surface area (Å²) in [6.07, 6.45) is 0.0620. The molecule has 0 aliphatic rings. The van der Waals surface area contributed by atoms with Crippen LogP contribution in [-0.2, 0) is 14.8 Å². The molecule has 2 aromatic rings. The molecule has 0 radical (unpaired) electrons. The second kappa shape index (κ2) is 9.53. The van der Waals surface area contributed by atoms with Gasteiger partial charge < -0.3 is 10.1 Å². The molecule has 0 fully saturated rings. The molecule has 0 saturated carbocycles. The number of carbonyl (C=O) groups is 1. The molecule has 0 bridgehead atoms. The molecule has 146 valence electrons. The van der Waals surface area contributed by atoms with Crippen LogP contribution in [0.3, 0.4) is 0 Å². The number of hydrogen-bond acceptors (Lipinski definition) is 4. The summed E-state index contributed by atoms with van der Waals surface area (Å²) in [5.74, 6) is 0.404. The van der Waals surface area contributed by atoms with Gasteiger partial charge in [0.15, 0.2) is 0 Å². The number of hydrogen-bond donors (Lipinski definition) is 2. The van der Waals surface area contributed by atoms with E-state index in [1.165, 1.54) is 12.1 Å². The number of amides is 1. The zero-order valence-corrected chi connectivity index (χ0v) is 16.7. The van der Waals surface area contributed by atoms with E-state index in [0.717, 1.165) is 11.1 Å². The summed E-state index contributed by atoms with van der Waals surface area (Å²) in [4.78, 5) is 12.3. The van der Waals surface area contributed by atoms with Gasteiger partial charge in [0, 0.05) is 13.0 Å². The van der Waals surface area contributed by atoms with E-state index < -0.39 is 10.0 Å². The zero-order valence-electron chi connectivity index (χ0n) is 15.9. The topological polar surface area (TPSA) is 84.5 Å². The van der Waals surface area contributed by atoms with Crippen LogP contribution in [0.25, 0.3) is 0 Å². The Kier molecular flexibility index (Phi) is 7.38. The van der Waals surface area contributed by atoms with E-state index in [0.29, 0.717) is 12.4 Å². The van der Waals surface area contributed by atoms with Crippen molar-refractivity contribution in [1.29, 1.82) is 0 Å². The fraction of sp³-hybridized carbons (Fsp3) is 0.350. The smallest absolute Gasteiger partial charge is 0.240 e. The Hall–Kier alpha value is -2.38. The average molecular weight is 391 g/mol. The first-order chi connectivity index (χ1) is 12.8. The van der Waals surface area contributed by atoms with Crippen LogP contribution in [0.5, 0.6) is 5.75 Å². The fourth-order valence-electron chi connectivity index (χ4n) is 2.73. The number of sulfonamides is 1. The van der Waals surface area contributed by atoms with Crippen LogP contribution in [0.4, 0.5) is 0 Å². The van der Waals surface area contributed by atoms with Gasteiger partial charge in [0.1, 0.15) is 5.75 Å². The predicted molar refractivity (Wildman–Crippen MR) is 105 cm³/mol. The van der Waals surface area contributed by atoms with E-state index in [9.17, 15) is 13.2 Å². The normalized spacial score (nSPS) is 12.4. The van der Waals surface area contributed by atoms with E-state index in [-0.39, 0.29) is 29.8 Å². The summed E-state index contributed by atoms with van der Waals surface area (Å²) in [6, 6.07) is 13.9. The average Bonchev–Trinajstić information content (AvgIpc) is 2.62. The van der Waals surface area contributed by atoms with Crippen LogP contribution in [0, 0.1) is 6.92 Å². The Bertz CT molecular complexity index is 864. The van der Waals surface area contributed by atoms with Gasteiger partial charge in [-0.25, -0.2) is 13.1 Å². The third-order valence-corrected chi connectivity index (χ3v) is 5.60. The van der Waals surface area contributed by atoms with E-state index in [1.807, 2.05) is 45.0 Å². The Morgan fingerprint density at radius 2 is 1.78 bits per heavy atom. The predicted octanol–water partition coefficient (Wildman–Crippen LogP) is 2.94. The maximum atomic E-state index is 12.3. The lowest BCUT2D eigenvalue weighted by molar-refractivity contribution is -0.121. The van der Waals surface area contributed by atoms with Crippen molar-refractivity contribution in [2.24, 2.45) is 0 Å². The van der Waals surface area contributed by atoms with E-state index in [2.05, 4.69) is 10.0 Å². The van der Waals surface area contributed by atoms with Crippen molar-refractivity contribution in [3.63, 3.8) is 0 Å². The molecule has 7 heteroatoms. The molecule has 0 saturated heterocycles. The van der Waals surface area contributed by atoms with Crippen LogP contribution >= 0.6 is 0 Å². The highest BCUT2D eigenvalue weighted by Gasteiger charge is 2.15. The summed E-state index contributed by atoms with van der Waals surface area (Å²) in [5, 5.41) is 2.89. The highest BCUT2D eigenvalue weighted by molar-refractivity contribution is 7.89. The van der Waals surface area contributed by atoms with Crippen LogP contribution in [-0.4, -0.2) is 27.5 Å². The fourth-order valence-corrected chi connectivity index (χ4v) is 3.76. The molecule has 0 aliphatic carbocycles.